The first-order valence-electron chi connectivity index (χ1n) is 3.97. The summed E-state index contributed by atoms with van der Waals surface area (Å²) in [5, 5.41) is 0. The average molecular weight is 198 g/mol. The number of hydrogen-bond donors (Lipinski definition) is 0. The van der Waals surface area contributed by atoms with E-state index in [1.807, 2.05) is 0 Å². The second-order valence-electron chi connectivity index (χ2n) is 2.63. The summed E-state index contributed by atoms with van der Waals surface area (Å²) in [5.74, 6) is -0.361. The van der Waals surface area contributed by atoms with Gasteiger partial charge in [-0.3, -0.25) is 9.59 Å². The van der Waals surface area contributed by atoms with Crippen LogP contribution in [-0.4, -0.2) is 18.5 Å². The van der Waals surface area contributed by atoms with Gasteiger partial charge < -0.3 is 14.2 Å². The Balaban J connectivity index is 2.62. The SMILES string of the molecule is CC(=O)OC1=COCC(OC(C)=O)=C1. The Bertz CT molecular complexity index is 313. The van der Waals surface area contributed by atoms with Gasteiger partial charge in [-0.05, 0) is 0 Å². The Hall–Kier alpha value is -1.78. The fourth-order valence-electron chi connectivity index (χ4n) is 0.903. The maximum atomic E-state index is 10.6. The maximum absolute atomic E-state index is 10.6. The molecule has 0 spiro atoms. The van der Waals surface area contributed by atoms with Gasteiger partial charge in [-0.15, -0.1) is 0 Å². The molecule has 0 amide bonds. The minimum Gasteiger partial charge on any atom is -0.489 e. The number of ether oxygens (including phenoxy) is 3. The largest absolute Gasteiger partial charge is 0.489 e. The smallest absolute Gasteiger partial charge is 0.308 e. The molecule has 0 saturated carbocycles. The molecule has 14 heavy (non-hydrogen) atoms. The summed E-state index contributed by atoms with van der Waals surface area (Å²) in [6, 6.07) is 0. The van der Waals surface area contributed by atoms with Crippen molar-refractivity contribution < 1.29 is 23.8 Å². The molecule has 76 valence electrons. The fraction of sp³-hybridized carbons (Fsp3) is 0.333. The lowest BCUT2D eigenvalue weighted by atomic mass is 10.3. The van der Waals surface area contributed by atoms with E-state index in [0.717, 1.165) is 0 Å². The van der Waals surface area contributed by atoms with Crippen molar-refractivity contribution in [3.05, 3.63) is 23.9 Å². The van der Waals surface area contributed by atoms with E-state index >= 15 is 0 Å². The normalized spacial score (nSPS) is 14.7. The van der Waals surface area contributed by atoms with Crippen molar-refractivity contribution in [2.75, 3.05) is 6.61 Å². The van der Waals surface area contributed by atoms with Crippen molar-refractivity contribution in [2.24, 2.45) is 0 Å². The van der Waals surface area contributed by atoms with Crippen LogP contribution in [0.2, 0.25) is 0 Å². The molecule has 1 aliphatic heterocycles. The molecule has 0 aromatic rings. The van der Waals surface area contributed by atoms with Gasteiger partial charge in [-0.2, -0.15) is 0 Å². The van der Waals surface area contributed by atoms with Crippen molar-refractivity contribution >= 4 is 11.9 Å². The van der Waals surface area contributed by atoms with Crippen molar-refractivity contribution in [3.8, 4) is 0 Å². The van der Waals surface area contributed by atoms with Crippen LogP contribution in [0.25, 0.3) is 0 Å². The van der Waals surface area contributed by atoms with Crippen LogP contribution in [0, 0.1) is 0 Å². The zero-order valence-electron chi connectivity index (χ0n) is 7.90. The molecule has 0 bridgehead atoms. The molecule has 0 aliphatic carbocycles. The molecule has 1 heterocycles. The van der Waals surface area contributed by atoms with E-state index in [-0.39, 0.29) is 12.4 Å². The Morgan fingerprint density at radius 3 is 2.50 bits per heavy atom. The molecule has 1 aliphatic rings. The van der Waals surface area contributed by atoms with E-state index in [4.69, 9.17) is 14.2 Å². The van der Waals surface area contributed by atoms with Gasteiger partial charge >= 0.3 is 11.9 Å². The molecule has 0 atom stereocenters. The predicted molar refractivity (Wildman–Crippen MR) is 45.7 cm³/mol. The summed E-state index contributed by atoms with van der Waals surface area (Å²) in [6.07, 6.45) is 2.72. The highest BCUT2D eigenvalue weighted by Gasteiger charge is 2.11. The van der Waals surface area contributed by atoms with E-state index < -0.39 is 11.9 Å². The van der Waals surface area contributed by atoms with Crippen LogP contribution in [0.15, 0.2) is 23.9 Å². The Morgan fingerprint density at radius 2 is 1.93 bits per heavy atom. The molecule has 0 N–H and O–H groups in total. The summed E-state index contributed by atoms with van der Waals surface area (Å²) < 4.78 is 14.4. The zero-order chi connectivity index (χ0) is 10.6. The lowest BCUT2D eigenvalue weighted by Crippen LogP contribution is -2.10. The van der Waals surface area contributed by atoms with E-state index in [1.165, 1.54) is 26.2 Å². The first-order valence-corrected chi connectivity index (χ1v) is 3.97. The van der Waals surface area contributed by atoms with Gasteiger partial charge in [0, 0.05) is 19.9 Å². The zero-order valence-corrected chi connectivity index (χ0v) is 7.90. The second kappa shape index (κ2) is 4.45. The first kappa shape index (κ1) is 10.3. The number of carbonyl (C=O) groups is 2. The molecule has 0 saturated heterocycles. The highest BCUT2D eigenvalue weighted by Crippen LogP contribution is 2.13. The molecule has 0 unspecified atom stereocenters. The monoisotopic (exact) mass is 198 g/mol. The van der Waals surface area contributed by atoms with Crippen LogP contribution >= 0.6 is 0 Å². The van der Waals surface area contributed by atoms with Crippen LogP contribution in [0.1, 0.15) is 13.8 Å². The molecular formula is C9H10O5. The molecule has 0 radical (unpaired) electrons. The van der Waals surface area contributed by atoms with Gasteiger partial charge in [0.05, 0.1) is 0 Å². The fourth-order valence-corrected chi connectivity index (χ4v) is 0.903. The lowest BCUT2D eigenvalue weighted by molar-refractivity contribution is -0.137. The topological polar surface area (TPSA) is 61.8 Å². The quantitative estimate of drug-likeness (QED) is 0.616. The molecular weight excluding hydrogens is 188 g/mol. The van der Waals surface area contributed by atoms with Crippen molar-refractivity contribution in [3.63, 3.8) is 0 Å². The molecule has 0 aromatic heterocycles. The third-order valence-corrected chi connectivity index (χ3v) is 1.26. The predicted octanol–water partition coefficient (Wildman–Crippen LogP) is 0.868. The third kappa shape index (κ3) is 3.30. The molecule has 5 nitrogen and oxygen atoms in total. The van der Waals surface area contributed by atoms with Crippen molar-refractivity contribution in [2.45, 2.75) is 13.8 Å². The van der Waals surface area contributed by atoms with Crippen molar-refractivity contribution in [1.82, 2.24) is 0 Å². The standard InChI is InChI=1S/C9H10O5/c1-6(10)13-8-3-9(5-12-4-8)14-7(2)11/h3-4H,5H2,1-2H3. The Kier molecular flexibility index (Phi) is 3.28. The minimum atomic E-state index is -0.458. The van der Waals surface area contributed by atoms with Gasteiger partial charge in [0.2, 0.25) is 0 Å². The van der Waals surface area contributed by atoms with Gasteiger partial charge in [0.25, 0.3) is 0 Å². The lowest BCUT2D eigenvalue weighted by Gasteiger charge is -2.13. The van der Waals surface area contributed by atoms with Crippen LogP contribution in [0.5, 0.6) is 0 Å². The van der Waals surface area contributed by atoms with E-state index in [9.17, 15) is 9.59 Å². The highest BCUT2D eigenvalue weighted by atomic mass is 16.6. The van der Waals surface area contributed by atoms with Crippen LogP contribution in [0.3, 0.4) is 0 Å². The van der Waals surface area contributed by atoms with Gasteiger partial charge in [0.1, 0.15) is 18.6 Å². The average Bonchev–Trinajstić information content (AvgIpc) is 2.01. The summed E-state index contributed by atoms with van der Waals surface area (Å²) in [5.41, 5.74) is 0. The van der Waals surface area contributed by atoms with E-state index in [0.29, 0.717) is 5.76 Å². The molecule has 0 aromatic carbocycles. The number of rotatable bonds is 2. The first-order chi connectivity index (χ1) is 6.58. The van der Waals surface area contributed by atoms with Crippen LogP contribution in [-0.2, 0) is 23.8 Å². The van der Waals surface area contributed by atoms with Crippen molar-refractivity contribution in [1.29, 1.82) is 0 Å². The van der Waals surface area contributed by atoms with E-state index in [2.05, 4.69) is 0 Å². The Labute approximate surface area is 80.9 Å². The number of carbonyl (C=O) groups excluding carboxylic acids is 2. The van der Waals surface area contributed by atoms with E-state index in [1.54, 1.807) is 0 Å². The Morgan fingerprint density at radius 1 is 1.29 bits per heavy atom. The van der Waals surface area contributed by atoms with Gasteiger partial charge in [-0.25, -0.2) is 0 Å². The number of allylic oxidation sites excluding steroid dienone is 1. The van der Waals surface area contributed by atoms with Gasteiger partial charge in [-0.1, -0.05) is 0 Å². The molecule has 0 fully saturated rings. The number of hydrogen-bond acceptors (Lipinski definition) is 5. The minimum absolute atomic E-state index is 0.157. The van der Waals surface area contributed by atoms with Crippen LogP contribution < -0.4 is 0 Å². The summed E-state index contributed by atoms with van der Waals surface area (Å²) in [4.78, 5) is 21.2. The summed E-state index contributed by atoms with van der Waals surface area (Å²) in [7, 11) is 0. The third-order valence-electron chi connectivity index (χ3n) is 1.26. The van der Waals surface area contributed by atoms with Gasteiger partial charge in [0.15, 0.2) is 5.76 Å². The second-order valence-corrected chi connectivity index (χ2v) is 2.63. The highest BCUT2D eigenvalue weighted by molar-refractivity contribution is 5.68. The molecule has 1 rings (SSSR count). The summed E-state index contributed by atoms with van der Waals surface area (Å²) in [6.45, 7) is 2.71. The van der Waals surface area contributed by atoms with Crippen LogP contribution in [0.4, 0.5) is 0 Å². The maximum Gasteiger partial charge on any atom is 0.308 e. The number of esters is 2. The summed E-state index contributed by atoms with van der Waals surface area (Å²) >= 11 is 0. The molecule has 5 heteroatoms.